The Balaban J connectivity index is 0.000000111. The summed E-state index contributed by atoms with van der Waals surface area (Å²) in [5.74, 6) is -2.60. The average molecular weight is 1920 g/mol. The van der Waals surface area contributed by atoms with E-state index in [1.807, 2.05) is 212 Å². The molecule has 23 rings (SSSR count). The first-order chi connectivity index (χ1) is 67.6. The first kappa shape index (κ1) is 92.4. The van der Waals surface area contributed by atoms with Gasteiger partial charge in [0.25, 0.3) is 0 Å². The number of benzene rings is 11. The van der Waals surface area contributed by atoms with Crippen molar-refractivity contribution >= 4 is 108 Å². The summed E-state index contributed by atoms with van der Waals surface area (Å²) in [6, 6.07) is 90.3. The lowest BCUT2D eigenvalue weighted by Gasteiger charge is -2.12. The van der Waals surface area contributed by atoms with E-state index in [9.17, 15) is 22.0 Å². The highest BCUT2D eigenvalue weighted by molar-refractivity contribution is 6.32. The number of hydrogen-bond acceptors (Lipinski definition) is 14. The second kappa shape index (κ2) is 41.4. The predicted octanol–water partition coefficient (Wildman–Crippen LogP) is 27.5. The monoisotopic (exact) mass is 1910 g/mol. The van der Waals surface area contributed by atoms with Crippen LogP contribution in [0.2, 0.25) is 20.1 Å². The Morgan fingerprint density at radius 3 is 1.27 bits per heavy atom. The number of H-pyrrole nitrogens is 2. The Morgan fingerprint density at radius 2 is 0.748 bits per heavy atom. The van der Waals surface area contributed by atoms with Gasteiger partial charge in [-0.05, 0) is 222 Å². The van der Waals surface area contributed by atoms with Crippen LogP contribution < -0.4 is 11.5 Å². The topological polar surface area (TPSA) is 276 Å². The quantitative estimate of drug-likeness (QED) is 0.0236. The van der Waals surface area contributed by atoms with Crippen LogP contribution in [-0.2, 0) is 14.1 Å². The number of fused-ring (bicyclic) bond motifs is 5. The standard InChI is InChI=1S/C19H12ClF2N3.C19H13ClFN3.C19H17FN4.C18H11ClFN3.C18H12ClN3.C17H12N4/c1-25-10-24-17-5-4-11(7-18(17)25)12-3-2-6-23-19(12)13-8-14(20)16(22)9-15(13)21;1-24-11-23-17-7-4-12(9-18(17)24)14-3-2-8-22-19(14)15-10-13(20)5-6-16(15)21;1-11-9-13(5-7-16(11)20)18-14(3-2-8-24-18)12-4-6-15(19(22)23)17(21)10-12;19-14-8-12(3-5-15(14)20)18-13(2-1-7-21-18)11-4-6-16-17(9-11)23-10-22-16;19-14-4-1-3-13(9-14)18-15(5-2-8-20-18)12-6-7-16-17(10-12)22-11-21-16;1-2-5-13(6-3-1)17-15(7-4-10-18-17)14-8-9-16-19-12-20-21(16)11-14/h2-10H,1H3;2-11H,1H3;2-10H,21H2,1H3,(H3,22,23);1-10H,(H,22,23);1-11H,(H,21,22);1-12H. The van der Waals surface area contributed by atoms with Crippen LogP contribution in [0.5, 0.6) is 0 Å². The van der Waals surface area contributed by atoms with E-state index in [2.05, 4.69) is 106 Å². The first-order valence-electron chi connectivity index (χ1n) is 43.2. The van der Waals surface area contributed by atoms with Crippen LogP contribution in [0, 0.1) is 41.4 Å². The maximum absolute atomic E-state index is 14.3. The number of nitrogens with two attached hydrogens (primary N) is 2. The molecule has 20 nitrogen and oxygen atoms in total. The van der Waals surface area contributed by atoms with Crippen LogP contribution in [-0.4, -0.2) is 89.4 Å². The Labute approximate surface area is 812 Å². The minimum Gasteiger partial charge on any atom is -0.398 e. The van der Waals surface area contributed by atoms with Crippen LogP contribution >= 0.6 is 46.4 Å². The lowest BCUT2D eigenvalue weighted by molar-refractivity contribution is 0.585. The Bertz CT molecular complexity index is 8500. The van der Waals surface area contributed by atoms with Crippen molar-refractivity contribution in [3.63, 3.8) is 0 Å². The van der Waals surface area contributed by atoms with Crippen LogP contribution in [0.15, 0.2) is 372 Å². The van der Waals surface area contributed by atoms with Crippen molar-refractivity contribution in [1.82, 2.24) is 83.5 Å². The molecular formula is C110H77Cl4F5N20. The smallest absolute Gasteiger partial charge is 0.155 e. The number of nitrogens with zero attached hydrogens (tertiary/aromatic N) is 15. The molecule has 0 unspecified atom stereocenters. The van der Waals surface area contributed by atoms with Gasteiger partial charge in [-0.2, -0.15) is 5.10 Å². The molecule has 0 spiro atoms. The summed E-state index contributed by atoms with van der Waals surface area (Å²) in [7, 11) is 3.85. The SMILES string of the molecule is Cc1cc(-c2ncccc2-c2ccc(C(=N)N)c(N)c2)ccc1F.Clc1cccc(-c2ncccc2-c2ccc3nc[nH]c3c2)c1.Cn1cnc2ccc(-c3cccnc3-c3cc(Cl)c(F)cc3F)cc21.Cn1cnc2ccc(-c3cccnc3-c3cc(Cl)ccc3F)cc21.Fc1ccc(-c2ncccc2-c2ccc3nc[nH]c3c2)cc1Cl.c1ccc(-c2ncccc2-c2ccc3ncnn3c2)cc1. The molecule has 0 fully saturated rings. The fourth-order valence-corrected chi connectivity index (χ4v) is 16.7. The van der Waals surface area contributed by atoms with E-state index in [-0.39, 0.29) is 33.1 Å². The van der Waals surface area contributed by atoms with E-state index in [1.165, 1.54) is 30.3 Å². The molecule has 23 aromatic rings. The molecule has 0 aliphatic heterocycles. The first-order valence-corrected chi connectivity index (χ1v) is 44.7. The van der Waals surface area contributed by atoms with E-state index in [1.54, 1.807) is 123 Å². The fraction of sp³-hybridized carbons (Fsp3) is 0.0273. The number of pyridine rings is 7. The predicted molar refractivity (Wildman–Crippen MR) is 545 cm³/mol. The van der Waals surface area contributed by atoms with Crippen LogP contribution in [0.1, 0.15) is 11.1 Å². The minimum absolute atomic E-state index is 0.0698. The van der Waals surface area contributed by atoms with Crippen molar-refractivity contribution in [3.8, 4) is 134 Å². The van der Waals surface area contributed by atoms with Gasteiger partial charge in [-0.25, -0.2) is 51.4 Å². The third-order valence-electron chi connectivity index (χ3n) is 22.8. The number of rotatable bonds is 13. The summed E-state index contributed by atoms with van der Waals surface area (Å²) in [5, 5.41) is 12.8. The van der Waals surface area contributed by atoms with Gasteiger partial charge in [0, 0.05) is 157 Å². The number of aryl methyl sites for hydroxylation is 3. The zero-order valence-electron chi connectivity index (χ0n) is 74.0. The van der Waals surface area contributed by atoms with Crippen LogP contribution in [0.25, 0.3) is 184 Å². The number of amidine groups is 1. The van der Waals surface area contributed by atoms with Crippen molar-refractivity contribution < 1.29 is 22.0 Å². The van der Waals surface area contributed by atoms with Gasteiger partial charge < -0.3 is 30.6 Å². The normalized spacial score (nSPS) is 11.0. The highest BCUT2D eigenvalue weighted by atomic mass is 35.5. The van der Waals surface area contributed by atoms with Crippen LogP contribution in [0.3, 0.4) is 0 Å². The minimum atomic E-state index is -0.795. The number of aromatic amines is 2. The molecule has 0 saturated carbocycles. The summed E-state index contributed by atoms with van der Waals surface area (Å²) in [6.45, 7) is 1.72. The van der Waals surface area contributed by atoms with Crippen molar-refractivity contribution in [3.05, 3.63) is 433 Å². The number of hydrogen-bond donors (Lipinski definition) is 5. The van der Waals surface area contributed by atoms with Crippen molar-refractivity contribution in [1.29, 1.82) is 5.41 Å². The molecule has 29 heteroatoms. The van der Waals surface area contributed by atoms with E-state index in [4.69, 9.17) is 63.3 Å². The van der Waals surface area contributed by atoms with E-state index >= 15 is 0 Å². The molecule has 12 heterocycles. The summed E-state index contributed by atoms with van der Waals surface area (Å²) in [4.78, 5) is 54.2. The maximum atomic E-state index is 14.3. The summed E-state index contributed by atoms with van der Waals surface area (Å²) in [6.07, 6.45) is 20.7. The molecule has 7 N–H and O–H groups in total. The molecule has 0 amide bonds. The van der Waals surface area contributed by atoms with Crippen molar-refractivity contribution in [2.45, 2.75) is 6.92 Å². The van der Waals surface area contributed by atoms with Crippen molar-refractivity contribution in [2.75, 3.05) is 5.73 Å². The molecule has 12 aromatic heterocycles. The summed E-state index contributed by atoms with van der Waals surface area (Å²) < 4.78 is 74.7. The second-order valence-electron chi connectivity index (χ2n) is 31.8. The van der Waals surface area contributed by atoms with Gasteiger partial charge in [0.05, 0.1) is 114 Å². The number of aromatic nitrogens is 17. The average Bonchev–Trinajstić information content (AvgIpc) is 1.70. The molecule has 11 aromatic carbocycles. The van der Waals surface area contributed by atoms with E-state index < -0.39 is 17.5 Å². The Kier molecular flexibility index (Phi) is 27.5. The number of imidazole rings is 4. The molecule has 139 heavy (non-hydrogen) atoms. The molecule has 0 aliphatic rings. The van der Waals surface area contributed by atoms with Gasteiger partial charge in [-0.3, -0.25) is 35.3 Å². The lowest BCUT2D eigenvalue weighted by Crippen LogP contribution is -2.13. The number of anilines is 1. The largest absolute Gasteiger partial charge is 0.398 e. The van der Waals surface area contributed by atoms with Gasteiger partial charge >= 0.3 is 0 Å². The van der Waals surface area contributed by atoms with Crippen molar-refractivity contribution in [2.24, 2.45) is 19.8 Å². The highest BCUT2D eigenvalue weighted by Crippen LogP contribution is 2.42. The fourth-order valence-electron chi connectivity index (χ4n) is 16.0. The lowest BCUT2D eigenvalue weighted by atomic mass is 9.96. The molecule has 0 radical (unpaired) electrons. The highest BCUT2D eigenvalue weighted by Gasteiger charge is 2.22. The molecule has 0 saturated heterocycles. The number of halogens is 9. The summed E-state index contributed by atoms with van der Waals surface area (Å²) >= 11 is 23.9. The number of nitrogens with one attached hydrogen (secondary N) is 3. The number of nitrogen functional groups attached to an aromatic ring is 2. The molecule has 680 valence electrons. The Morgan fingerprint density at radius 1 is 0.324 bits per heavy atom. The van der Waals surface area contributed by atoms with Crippen LogP contribution in [0.4, 0.5) is 27.6 Å². The Hall–Kier alpha value is -17.1. The van der Waals surface area contributed by atoms with Gasteiger partial charge in [0.2, 0.25) is 0 Å². The molecule has 0 bridgehead atoms. The van der Waals surface area contributed by atoms with Gasteiger partial charge in [0.1, 0.15) is 41.2 Å². The molecular weight excluding hydrogens is 1840 g/mol. The maximum Gasteiger partial charge on any atom is 0.155 e. The third-order valence-corrected chi connectivity index (χ3v) is 23.9. The molecule has 0 aliphatic carbocycles. The van der Waals surface area contributed by atoms with E-state index in [0.717, 1.165) is 168 Å². The summed E-state index contributed by atoms with van der Waals surface area (Å²) in [5.41, 5.74) is 41.5. The zero-order valence-corrected chi connectivity index (χ0v) is 77.0. The van der Waals surface area contributed by atoms with Gasteiger partial charge in [0.15, 0.2) is 5.65 Å². The van der Waals surface area contributed by atoms with E-state index in [0.29, 0.717) is 43.8 Å². The third kappa shape index (κ3) is 20.6. The zero-order chi connectivity index (χ0) is 96.3. The van der Waals surface area contributed by atoms with Gasteiger partial charge in [-0.15, -0.1) is 0 Å². The molecule has 0 atom stereocenters. The second-order valence-corrected chi connectivity index (χ2v) is 33.5. The van der Waals surface area contributed by atoms with Gasteiger partial charge in [-0.1, -0.05) is 156 Å².